The highest BCUT2D eigenvalue weighted by molar-refractivity contribution is 7.15. The number of nitrogens with zero attached hydrogens (tertiary/aromatic N) is 3. The Morgan fingerprint density at radius 1 is 1.23 bits per heavy atom. The van der Waals surface area contributed by atoms with Crippen LogP contribution in [0.1, 0.15) is 48.0 Å². The molecule has 0 bridgehead atoms. The maximum absolute atomic E-state index is 13.3. The fraction of sp³-hybridized carbons (Fsp3) is 0.308. The van der Waals surface area contributed by atoms with Crippen molar-refractivity contribution in [2.75, 3.05) is 11.5 Å². The summed E-state index contributed by atoms with van der Waals surface area (Å²) in [5, 5.41) is 20.5. The molecule has 1 N–H and O–H groups in total. The molecule has 0 saturated carbocycles. The van der Waals surface area contributed by atoms with Crippen molar-refractivity contribution >= 4 is 33.9 Å². The fourth-order valence-electron chi connectivity index (χ4n) is 4.45. The molecule has 2 aromatic carbocycles. The van der Waals surface area contributed by atoms with E-state index in [1.165, 1.54) is 16.2 Å². The number of carbonyl (C=O) groups is 2. The lowest BCUT2D eigenvalue weighted by atomic mass is 9.94. The first kappa shape index (κ1) is 23.0. The van der Waals surface area contributed by atoms with E-state index in [1.54, 1.807) is 31.2 Å². The summed E-state index contributed by atoms with van der Waals surface area (Å²) in [7, 11) is 0. The van der Waals surface area contributed by atoms with Crippen LogP contribution in [0.3, 0.4) is 0 Å². The van der Waals surface area contributed by atoms with Gasteiger partial charge in [0.25, 0.3) is 5.78 Å². The Labute approximate surface area is 206 Å². The maximum Gasteiger partial charge on any atom is 0.301 e. The minimum absolute atomic E-state index is 0.00223. The molecule has 35 heavy (non-hydrogen) atoms. The Bertz CT molecular complexity index is 1350. The number of benzene rings is 2. The molecule has 1 fully saturated rings. The van der Waals surface area contributed by atoms with Crippen LogP contribution in [0.25, 0.3) is 5.76 Å². The van der Waals surface area contributed by atoms with Gasteiger partial charge < -0.3 is 14.6 Å². The lowest BCUT2D eigenvalue weighted by molar-refractivity contribution is -0.132. The predicted molar refractivity (Wildman–Crippen MR) is 132 cm³/mol. The molecule has 1 saturated heterocycles. The van der Waals surface area contributed by atoms with Gasteiger partial charge in [-0.05, 0) is 61.7 Å². The number of amides is 1. The van der Waals surface area contributed by atoms with Crippen molar-refractivity contribution in [1.29, 1.82) is 0 Å². The van der Waals surface area contributed by atoms with E-state index >= 15 is 0 Å². The predicted octanol–water partition coefficient (Wildman–Crippen LogP) is 4.59. The summed E-state index contributed by atoms with van der Waals surface area (Å²) in [5.74, 6) is -0.390. The molecular formula is C26H25N3O5S. The molecule has 180 valence electrons. The lowest BCUT2D eigenvalue weighted by Gasteiger charge is -2.23. The molecule has 1 aromatic heterocycles. The van der Waals surface area contributed by atoms with Gasteiger partial charge in [-0.3, -0.25) is 14.5 Å². The van der Waals surface area contributed by atoms with Crippen LogP contribution in [0.2, 0.25) is 0 Å². The number of rotatable bonds is 6. The average Bonchev–Trinajstić information content (AvgIpc) is 3.51. The number of anilines is 1. The molecule has 0 aliphatic carbocycles. The second-order valence-corrected chi connectivity index (χ2v) is 9.81. The summed E-state index contributed by atoms with van der Waals surface area (Å²) < 4.78 is 11.6. The monoisotopic (exact) mass is 491 g/mol. The van der Waals surface area contributed by atoms with Gasteiger partial charge in [-0.1, -0.05) is 30.4 Å². The Balaban J connectivity index is 1.66. The summed E-state index contributed by atoms with van der Waals surface area (Å²) in [5.41, 5.74) is 2.03. The van der Waals surface area contributed by atoms with E-state index in [0.717, 1.165) is 17.7 Å². The quantitative estimate of drug-likeness (QED) is 0.306. The van der Waals surface area contributed by atoms with Gasteiger partial charge in [0.1, 0.15) is 28.4 Å². The largest absolute Gasteiger partial charge is 0.507 e. The Morgan fingerprint density at radius 3 is 2.80 bits per heavy atom. The van der Waals surface area contributed by atoms with Gasteiger partial charge in [-0.2, -0.15) is 0 Å². The Morgan fingerprint density at radius 2 is 2.06 bits per heavy atom. The average molecular weight is 492 g/mol. The molecule has 3 heterocycles. The number of aliphatic hydroxyl groups excluding tert-OH is 1. The summed E-state index contributed by atoms with van der Waals surface area (Å²) in [6, 6.07) is 11.6. The molecule has 2 atom stereocenters. The molecule has 2 aliphatic rings. The minimum Gasteiger partial charge on any atom is -0.507 e. The van der Waals surface area contributed by atoms with Gasteiger partial charge in [-0.15, -0.1) is 10.2 Å². The van der Waals surface area contributed by atoms with Crippen molar-refractivity contribution in [2.24, 2.45) is 0 Å². The molecular weight excluding hydrogens is 466 g/mol. The number of aryl methyl sites for hydroxylation is 1. The highest BCUT2D eigenvalue weighted by Crippen LogP contribution is 2.44. The second-order valence-electron chi connectivity index (χ2n) is 8.65. The van der Waals surface area contributed by atoms with Crippen LogP contribution in [0.5, 0.6) is 11.5 Å². The first-order chi connectivity index (χ1) is 16.9. The van der Waals surface area contributed by atoms with Gasteiger partial charge in [-0.25, -0.2) is 0 Å². The molecule has 9 heteroatoms. The number of ether oxygens (including phenoxy) is 2. The number of Topliss-reactive ketones (excluding diaryl/α,β-unsaturated/α-hetero) is 1. The van der Waals surface area contributed by atoms with E-state index in [1.807, 2.05) is 32.0 Å². The van der Waals surface area contributed by atoms with E-state index in [-0.39, 0.29) is 17.4 Å². The number of hydrogen-bond acceptors (Lipinski definition) is 8. The molecule has 8 nitrogen and oxygen atoms in total. The standard InChI is InChI=1S/C26H25N3O5S/c1-4-10-33-19-7-5-6-16(13-19)22-21(24(31)25(32)29(22)26-28-27-15(3)35-26)23(30)17-8-9-20-18(12-17)11-14(2)34-20/h5-9,12-14,22,30H,4,10-11H2,1-3H3/t14-,22+/m0/s1. The maximum atomic E-state index is 13.3. The topological polar surface area (TPSA) is 102 Å². The van der Waals surface area contributed by atoms with Crippen LogP contribution in [-0.4, -0.2) is 39.7 Å². The van der Waals surface area contributed by atoms with Crippen molar-refractivity contribution < 1.29 is 24.2 Å². The minimum atomic E-state index is -0.879. The molecule has 3 aromatic rings. The zero-order chi connectivity index (χ0) is 24.7. The highest BCUT2D eigenvalue weighted by atomic mass is 32.1. The first-order valence-corrected chi connectivity index (χ1v) is 12.3. The summed E-state index contributed by atoms with van der Waals surface area (Å²) in [6.07, 6.45) is 1.59. The van der Waals surface area contributed by atoms with E-state index in [2.05, 4.69) is 10.2 Å². The first-order valence-electron chi connectivity index (χ1n) is 11.5. The Kier molecular flexibility index (Phi) is 6.02. The molecule has 0 spiro atoms. The van der Waals surface area contributed by atoms with E-state index in [0.29, 0.717) is 40.0 Å². The van der Waals surface area contributed by atoms with Gasteiger partial charge >= 0.3 is 5.91 Å². The molecule has 0 radical (unpaired) electrons. The fourth-order valence-corrected chi connectivity index (χ4v) is 5.16. The normalized spacial score (nSPS) is 20.7. The highest BCUT2D eigenvalue weighted by Gasteiger charge is 2.48. The number of fused-ring (bicyclic) bond motifs is 1. The van der Waals surface area contributed by atoms with Crippen molar-refractivity contribution in [3.63, 3.8) is 0 Å². The number of hydrogen-bond donors (Lipinski definition) is 1. The zero-order valence-electron chi connectivity index (χ0n) is 19.6. The molecule has 1 amide bonds. The zero-order valence-corrected chi connectivity index (χ0v) is 20.5. The van der Waals surface area contributed by atoms with Gasteiger partial charge in [0.05, 0.1) is 18.2 Å². The van der Waals surface area contributed by atoms with Crippen LogP contribution >= 0.6 is 11.3 Å². The number of ketones is 1. The van der Waals surface area contributed by atoms with Crippen LogP contribution in [0, 0.1) is 6.92 Å². The SMILES string of the molecule is CCCOc1cccc([C@@H]2C(=C(O)c3ccc4c(c3)C[C@H](C)O4)C(=O)C(=O)N2c2nnc(C)s2)c1. The Hall–Kier alpha value is -3.72. The number of aromatic nitrogens is 2. The van der Waals surface area contributed by atoms with Crippen molar-refractivity contribution in [2.45, 2.75) is 45.8 Å². The second kappa shape index (κ2) is 9.14. The van der Waals surface area contributed by atoms with Crippen LogP contribution in [0.15, 0.2) is 48.0 Å². The van der Waals surface area contributed by atoms with Gasteiger partial charge in [0, 0.05) is 12.0 Å². The lowest BCUT2D eigenvalue weighted by Crippen LogP contribution is -2.29. The summed E-state index contributed by atoms with van der Waals surface area (Å²) in [6.45, 7) is 6.30. The third-order valence-electron chi connectivity index (χ3n) is 5.98. The van der Waals surface area contributed by atoms with E-state index < -0.39 is 17.7 Å². The summed E-state index contributed by atoms with van der Waals surface area (Å²) in [4.78, 5) is 27.9. The third kappa shape index (κ3) is 4.16. The van der Waals surface area contributed by atoms with Crippen LogP contribution in [0.4, 0.5) is 5.13 Å². The third-order valence-corrected chi connectivity index (χ3v) is 6.82. The van der Waals surface area contributed by atoms with E-state index in [9.17, 15) is 14.7 Å². The van der Waals surface area contributed by atoms with Gasteiger partial charge in [0.2, 0.25) is 5.13 Å². The van der Waals surface area contributed by atoms with Crippen LogP contribution in [-0.2, 0) is 16.0 Å². The smallest absolute Gasteiger partial charge is 0.301 e. The van der Waals surface area contributed by atoms with Crippen LogP contribution < -0.4 is 14.4 Å². The van der Waals surface area contributed by atoms with Crippen molar-refractivity contribution in [3.8, 4) is 11.5 Å². The summed E-state index contributed by atoms with van der Waals surface area (Å²) >= 11 is 1.21. The number of aliphatic hydroxyl groups is 1. The van der Waals surface area contributed by atoms with Gasteiger partial charge in [0.15, 0.2) is 0 Å². The van der Waals surface area contributed by atoms with Crippen molar-refractivity contribution in [3.05, 3.63) is 69.7 Å². The molecule has 5 rings (SSSR count). The molecule has 2 aliphatic heterocycles. The van der Waals surface area contributed by atoms with Crippen molar-refractivity contribution in [1.82, 2.24) is 10.2 Å². The van der Waals surface area contributed by atoms with E-state index in [4.69, 9.17) is 9.47 Å². The molecule has 0 unspecified atom stereocenters. The number of carbonyl (C=O) groups excluding carboxylic acids is 2.